The number of rotatable bonds is 4. The number of phenols is 1. The summed E-state index contributed by atoms with van der Waals surface area (Å²) < 4.78 is 10.5. The van der Waals surface area contributed by atoms with E-state index in [9.17, 15) is 5.11 Å². The Labute approximate surface area is 123 Å². The lowest BCUT2D eigenvalue weighted by Crippen LogP contribution is -2.08. The van der Waals surface area contributed by atoms with Crippen molar-refractivity contribution in [3.05, 3.63) is 42.0 Å². The van der Waals surface area contributed by atoms with Gasteiger partial charge >= 0.3 is 0 Å². The molecule has 2 aromatic carbocycles. The lowest BCUT2D eigenvalue weighted by atomic mass is 10.1. The molecule has 0 amide bonds. The van der Waals surface area contributed by atoms with E-state index in [0.29, 0.717) is 18.0 Å². The summed E-state index contributed by atoms with van der Waals surface area (Å²) in [5.41, 5.74) is 2.92. The number of hydrogen-bond donors (Lipinski definition) is 2. The second kappa shape index (κ2) is 5.44. The predicted octanol–water partition coefficient (Wildman–Crippen LogP) is 2.80. The van der Waals surface area contributed by atoms with E-state index in [1.165, 1.54) is 0 Å². The third kappa shape index (κ3) is 2.81. The van der Waals surface area contributed by atoms with Crippen molar-refractivity contribution in [3.63, 3.8) is 0 Å². The maximum absolute atomic E-state index is 9.99. The molecule has 0 saturated carbocycles. The largest absolute Gasteiger partial charge is 0.507 e. The van der Waals surface area contributed by atoms with Crippen molar-refractivity contribution in [2.45, 2.75) is 6.54 Å². The second-order valence-corrected chi connectivity index (χ2v) is 5.13. The highest BCUT2D eigenvalue weighted by Gasteiger charge is 2.16. The molecule has 0 unspecified atom stereocenters. The first-order valence-corrected chi connectivity index (χ1v) is 6.76. The number of ether oxygens (including phenoxy) is 2. The van der Waals surface area contributed by atoms with Crippen LogP contribution in [0.3, 0.4) is 0 Å². The third-order valence-electron chi connectivity index (χ3n) is 3.44. The maximum atomic E-state index is 9.99. The van der Waals surface area contributed by atoms with E-state index in [4.69, 9.17) is 9.47 Å². The fourth-order valence-electron chi connectivity index (χ4n) is 2.19. The van der Waals surface area contributed by atoms with Crippen molar-refractivity contribution >= 4 is 11.4 Å². The van der Waals surface area contributed by atoms with Crippen molar-refractivity contribution in [2.24, 2.45) is 0 Å². The molecule has 5 nitrogen and oxygen atoms in total. The van der Waals surface area contributed by atoms with Gasteiger partial charge in [-0.05, 0) is 30.3 Å². The first-order chi connectivity index (χ1) is 10.1. The average molecular weight is 286 g/mol. The number of benzene rings is 2. The molecule has 1 heterocycles. The van der Waals surface area contributed by atoms with Crippen LogP contribution in [0.25, 0.3) is 0 Å². The number of anilines is 2. The fraction of sp³-hybridized carbons (Fsp3) is 0.250. The highest BCUT2D eigenvalue weighted by Crippen LogP contribution is 2.37. The first-order valence-electron chi connectivity index (χ1n) is 6.76. The lowest BCUT2D eigenvalue weighted by molar-refractivity contribution is 0.174. The molecule has 1 aliphatic heterocycles. The van der Waals surface area contributed by atoms with Gasteiger partial charge in [0.25, 0.3) is 0 Å². The average Bonchev–Trinajstić information content (AvgIpc) is 2.92. The van der Waals surface area contributed by atoms with Crippen LogP contribution >= 0.6 is 0 Å². The molecule has 0 aliphatic carbocycles. The van der Waals surface area contributed by atoms with Crippen LogP contribution in [-0.4, -0.2) is 26.0 Å². The van der Waals surface area contributed by atoms with Gasteiger partial charge in [0.05, 0.1) is 0 Å². The van der Waals surface area contributed by atoms with Crippen LogP contribution in [0.1, 0.15) is 5.56 Å². The number of nitrogens with zero attached hydrogens (tertiary/aromatic N) is 1. The molecular weight excluding hydrogens is 268 g/mol. The maximum Gasteiger partial charge on any atom is 0.231 e. The van der Waals surface area contributed by atoms with Gasteiger partial charge in [-0.1, -0.05) is 0 Å². The van der Waals surface area contributed by atoms with Crippen molar-refractivity contribution in [1.29, 1.82) is 0 Å². The van der Waals surface area contributed by atoms with Gasteiger partial charge in [0.15, 0.2) is 11.5 Å². The van der Waals surface area contributed by atoms with E-state index in [-0.39, 0.29) is 12.5 Å². The van der Waals surface area contributed by atoms with E-state index in [2.05, 4.69) is 5.32 Å². The molecule has 0 radical (unpaired) electrons. The summed E-state index contributed by atoms with van der Waals surface area (Å²) >= 11 is 0. The molecule has 110 valence electrons. The fourth-order valence-corrected chi connectivity index (χ4v) is 2.19. The predicted molar refractivity (Wildman–Crippen MR) is 82.3 cm³/mol. The molecule has 21 heavy (non-hydrogen) atoms. The molecule has 0 fully saturated rings. The Morgan fingerprint density at radius 3 is 2.43 bits per heavy atom. The second-order valence-electron chi connectivity index (χ2n) is 5.13. The monoisotopic (exact) mass is 286 g/mol. The highest BCUT2D eigenvalue weighted by molar-refractivity contribution is 5.56. The zero-order valence-electron chi connectivity index (χ0n) is 12.1. The lowest BCUT2D eigenvalue weighted by Gasteiger charge is -2.14. The highest BCUT2D eigenvalue weighted by atomic mass is 16.7. The van der Waals surface area contributed by atoms with Crippen LogP contribution < -0.4 is 19.7 Å². The Bertz CT molecular complexity index is 639. The molecule has 0 aromatic heterocycles. The number of fused-ring (bicyclic) bond motifs is 1. The SMILES string of the molecule is CN(C)c1ccc(NCc2cc3c(cc2O)OCO3)cc1. The van der Waals surface area contributed by atoms with Gasteiger partial charge in [-0.15, -0.1) is 0 Å². The van der Waals surface area contributed by atoms with E-state index < -0.39 is 0 Å². The van der Waals surface area contributed by atoms with Crippen LogP contribution in [0.4, 0.5) is 11.4 Å². The van der Waals surface area contributed by atoms with Crippen LogP contribution in [0, 0.1) is 0 Å². The van der Waals surface area contributed by atoms with E-state index in [1.807, 2.05) is 43.3 Å². The van der Waals surface area contributed by atoms with Crippen molar-refractivity contribution < 1.29 is 14.6 Å². The number of aromatic hydroxyl groups is 1. The molecule has 2 aromatic rings. The van der Waals surface area contributed by atoms with E-state index in [1.54, 1.807) is 12.1 Å². The minimum Gasteiger partial charge on any atom is -0.507 e. The van der Waals surface area contributed by atoms with Gasteiger partial charge in [0.1, 0.15) is 5.75 Å². The zero-order valence-corrected chi connectivity index (χ0v) is 12.1. The van der Waals surface area contributed by atoms with Crippen LogP contribution in [0.2, 0.25) is 0 Å². The van der Waals surface area contributed by atoms with Crippen LogP contribution in [-0.2, 0) is 6.54 Å². The molecule has 1 aliphatic rings. The summed E-state index contributed by atoms with van der Waals surface area (Å²) in [5.74, 6) is 1.47. The summed E-state index contributed by atoms with van der Waals surface area (Å²) in [6.07, 6.45) is 0. The summed E-state index contributed by atoms with van der Waals surface area (Å²) in [6, 6.07) is 11.5. The summed E-state index contributed by atoms with van der Waals surface area (Å²) in [4.78, 5) is 2.05. The van der Waals surface area contributed by atoms with E-state index in [0.717, 1.165) is 16.9 Å². The first kappa shape index (κ1) is 13.4. The Hall–Kier alpha value is -2.56. The Morgan fingerprint density at radius 1 is 1.10 bits per heavy atom. The Kier molecular flexibility index (Phi) is 3.48. The van der Waals surface area contributed by atoms with Gasteiger partial charge in [-0.2, -0.15) is 0 Å². The minimum atomic E-state index is 0.205. The zero-order chi connectivity index (χ0) is 14.8. The quantitative estimate of drug-likeness (QED) is 0.905. The normalized spacial score (nSPS) is 12.3. The molecule has 3 rings (SSSR count). The van der Waals surface area contributed by atoms with Crippen LogP contribution in [0.15, 0.2) is 36.4 Å². The molecule has 0 bridgehead atoms. The summed E-state index contributed by atoms with van der Waals surface area (Å²) in [6.45, 7) is 0.724. The smallest absolute Gasteiger partial charge is 0.231 e. The molecule has 0 saturated heterocycles. The minimum absolute atomic E-state index is 0.205. The van der Waals surface area contributed by atoms with Crippen LogP contribution in [0.5, 0.6) is 17.2 Å². The molecule has 2 N–H and O–H groups in total. The van der Waals surface area contributed by atoms with Crippen molar-refractivity contribution in [2.75, 3.05) is 31.1 Å². The van der Waals surface area contributed by atoms with Crippen molar-refractivity contribution in [1.82, 2.24) is 0 Å². The number of nitrogens with one attached hydrogen (secondary N) is 1. The summed E-state index contributed by atoms with van der Waals surface area (Å²) in [5, 5.41) is 13.3. The van der Waals surface area contributed by atoms with Gasteiger partial charge in [-0.3, -0.25) is 0 Å². The number of phenolic OH excluding ortho intramolecular Hbond substituents is 1. The standard InChI is InChI=1S/C16H18N2O3/c1-18(2)13-5-3-12(4-6-13)17-9-11-7-15-16(8-14(11)19)21-10-20-15/h3-8,17,19H,9-10H2,1-2H3. The molecule has 0 spiro atoms. The molecular formula is C16H18N2O3. The number of hydrogen-bond acceptors (Lipinski definition) is 5. The van der Waals surface area contributed by atoms with Gasteiger partial charge in [0, 0.05) is 43.6 Å². The van der Waals surface area contributed by atoms with Gasteiger partial charge < -0.3 is 24.8 Å². The molecule has 5 heteroatoms. The van der Waals surface area contributed by atoms with Gasteiger partial charge in [0.2, 0.25) is 6.79 Å². The summed E-state index contributed by atoms with van der Waals surface area (Å²) in [7, 11) is 4.01. The van der Waals surface area contributed by atoms with E-state index >= 15 is 0 Å². The Balaban J connectivity index is 1.70. The van der Waals surface area contributed by atoms with Gasteiger partial charge in [-0.25, -0.2) is 0 Å². The molecule has 0 atom stereocenters. The van der Waals surface area contributed by atoms with Crippen molar-refractivity contribution in [3.8, 4) is 17.2 Å². The topological polar surface area (TPSA) is 54.0 Å². The third-order valence-corrected chi connectivity index (χ3v) is 3.44. The Morgan fingerprint density at radius 2 is 1.76 bits per heavy atom.